The molecule has 86 valence electrons. The van der Waals surface area contributed by atoms with Crippen molar-refractivity contribution in [3.05, 3.63) is 36.5 Å². The second-order valence-electron chi connectivity index (χ2n) is 4.36. The zero-order valence-corrected chi connectivity index (χ0v) is 10.5. The van der Waals surface area contributed by atoms with Crippen LogP contribution in [0.5, 0.6) is 0 Å². The van der Waals surface area contributed by atoms with Crippen LogP contribution in [0.3, 0.4) is 0 Å². The molecule has 1 nitrogen and oxygen atoms in total. The van der Waals surface area contributed by atoms with Crippen LogP contribution >= 0.6 is 0 Å². The third kappa shape index (κ3) is 1.99. The summed E-state index contributed by atoms with van der Waals surface area (Å²) < 4.78 is 2.42. The Hall–Kier alpha value is -1.24. The summed E-state index contributed by atoms with van der Waals surface area (Å²) in [4.78, 5) is 0. The fraction of sp³-hybridized carbons (Fsp3) is 0.467. The van der Waals surface area contributed by atoms with E-state index in [1.54, 1.807) is 0 Å². The first kappa shape index (κ1) is 11.3. The fourth-order valence-corrected chi connectivity index (χ4v) is 2.27. The lowest BCUT2D eigenvalue weighted by molar-refractivity contribution is 0.500. The minimum Gasteiger partial charge on any atom is -0.344 e. The zero-order chi connectivity index (χ0) is 11.5. The maximum absolute atomic E-state index is 2.42. The maximum Gasteiger partial charge on any atom is 0.0482 e. The zero-order valence-electron chi connectivity index (χ0n) is 10.5. The van der Waals surface area contributed by atoms with Gasteiger partial charge in [0.1, 0.15) is 0 Å². The molecule has 0 saturated heterocycles. The van der Waals surface area contributed by atoms with Crippen molar-refractivity contribution < 1.29 is 0 Å². The molecule has 0 radical (unpaired) electrons. The van der Waals surface area contributed by atoms with E-state index in [1.807, 2.05) is 13.8 Å². The van der Waals surface area contributed by atoms with Crippen LogP contribution in [0.15, 0.2) is 36.5 Å². The van der Waals surface area contributed by atoms with Crippen molar-refractivity contribution in [2.75, 3.05) is 0 Å². The van der Waals surface area contributed by atoms with Gasteiger partial charge in [0.2, 0.25) is 0 Å². The molecule has 0 N–H and O–H groups in total. The third-order valence-corrected chi connectivity index (χ3v) is 3.37. The van der Waals surface area contributed by atoms with Crippen LogP contribution in [-0.4, -0.2) is 4.57 Å². The quantitative estimate of drug-likeness (QED) is 0.688. The molecule has 2 aromatic rings. The van der Waals surface area contributed by atoms with Gasteiger partial charge in [0.05, 0.1) is 0 Å². The molecule has 1 aliphatic rings. The molecule has 16 heavy (non-hydrogen) atoms. The monoisotopic (exact) mass is 215 g/mol. The van der Waals surface area contributed by atoms with Crippen LogP contribution in [0.4, 0.5) is 0 Å². The molecule has 1 unspecified atom stereocenters. The number of hydrogen-bond acceptors (Lipinski definition) is 0. The van der Waals surface area contributed by atoms with Crippen molar-refractivity contribution in [3.8, 4) is 0 Å². The minimum atomic E-state index is 0.676. The van der Waals surface area contributed by atoms with Crippen molar-refractivity contribution in [1.82, 2.24) is 4.57 Å². The van der Waals surface area contributed by atoms with Gasteiger partial charge in [-0.05, 0) is 43.2 Å². The number of para-hydroxylation sites is 1. The molecule has 3 rings (SSSR count). The standard InChI is InChI=1S/C13H15N.C2H6/c1-10(11-6-7-11)14-9-8-12-4-2-3-5-13(12)14;1-2/h2-5,8-11H,6-7H2,1H3;1-2H3. The summed E-state index contributed by atoms with van der Waals surface area (Å²) in [6, 6.07) is 11.5. The molecule has 1 atom stereocenters. The van der Waals surface area contributed by atoms with Crippen LogP contribution < -0.4 is 0 Å². The van der Waals surface area contributed by atoms with Crippen molar-refractivity contribution in [2.45, 2.75) is 39.7 Å². The van der Waals surface area contributed by atoms with E-state index in [1.165, 1.54) is 23.7 Å². The summed E-state index contributed by atoms with van der Waals surface area (Å²) >= 11 is 0. The number of hydrogen-bond donors (Lipinski definition) is 0. The average Bonchev–Trinajstić information content (AvgIpc) is 3.11. The Morgan fingerprint density at radius 1 is 1.12 bits per heavy atom. The Morgan fingerprint density at radius 3 is 2.50 bits per heavy atom. The lowest BCUT2D eigenvalue weighted by Crippen LogP contribution is -2.04. The van der Waals surface area contributed by atoms with Gasteiger partial charge >= 0.3 is 0 Å². The van der Waals surface area contributed by atoms with Crippen LogP contribution in [0.25, 0.3) is 10.9 Å². The van der Waals surface area contributed by atoms with E-state index in [9.17, 15) is 0 Å². The predicted octanol–water partition coefficient (Wildman–Crippen LogP) is 4.64. The lowest BCUT2D eigenvalue weighted by atomic mass is 10.2. The van der Waals surface area contributed by atoms with E-state index in [2.05, 4.69) is 48.0 Å². The third-order valence-electron chi connectivity index (χ3n) is 3.37. The fourth-order valence-electron chi connectivity index (χ4n) is 2.27. The molecule has 1 heterocycles. The molecule has 1 aromatic heterocycles. The summed E-state index contributed by atoms with van der Waals surface area (Å²) in [5.41, 5.74) is 1.38. The van der Waals surface area contributed by atoms with Gasteiger partial charge < -0.3 is 4.57 Å². The Balaban J connectivity index is 0.000000457. The summed E-state index contributed by atoms with van der Waals surface area (Å²) in [5.74, 6) is 0.922. The molecule has 0 amide bonds. The SMILES string of the molecule is CC.CC(C1CC1)n1ccc2ccccc21. The van der Waals surface area contributed by atoms with E-state index < -0.39 is 0 Å². The predicted molar refractivity (Wildman–Crippen MR) is 70.7 cm³/mol. The number of rotatable bonds is 2. The van der Waals surface area contributed by atoms with Gasteiger partial charge in [0.15, 0.2) is 0 Å². The maximum atomic E-state index is 2.42. The Bertz CT molecular complexity index is 451. The van der Waals surface area contributed by atoms with Gasteiger partial charge in [-0.3, -0.25) is 0 Å². The molecular formula is C15H21N. The number of nitrogens with zero attached hydrogens (tertiary/aromatic N) is 1. The van der Waals surface area contributed by atoms with Crippen LogP contribution in [0, 0.1) is 5.92 Å². The average molecular weight is 215 g/mol. The molecular weight excluding hydrogens is 194 g/mol. The number of aromatic nitrogens is 1. The van der Waals surface area contributed by atoms with Crippen LogP contribution in [0.1, 0.15) is 39.7 Å². The van der Waals surface area contributed by atoms with E-state index in [0.717, 1.165) is 5.92 Å². The Morgan fingerprint density at radius 2 is 1.81 bits per heavy atom. The Kier molecular flexibility index (Phi) is 3.33. The first-order valence-corrected chi connectivity index (χ1v) is 6.42. The van der Waals surface area contributed by atoms with Gasteiger partial charge in [0.25, 0.3) is 0 Å². The normalized spacial score (nSPS) is 16.7. The highest BCUT2D eigenvalue weighted by molar-refractivity contribution is 5.80. The number of benzene rings is 1. The first-order chi connectivity index (χ1) is 7.86. The van der Waals surface area contributed by atoms with E-state index in [0.29, 0.717) is 6.04 Å². The van der Waals surface area contributed by atoms with Gasteiger partial charge in [-0.2, -0.15) is 0 Å². The van der Waals surface area contributed by atoms with E-state index in [4.69, 9.17) is 0 Å². The second kappa shape index (κ2) is 4.73. The minimum absolute atomic E-state index is 0.676. The van der Waals surface area contributed by atoms with Crippen molar-refractivity contribution >= 4 is 10.9 Å². The summed E-state index contributed by atoms with van der Waals surface area (Å²) in [5, 5.41) is 1.36. The Labute approximate surface area is 98.1 Å². The summed E-state index contributed by atoms with van der Waals surface area (Å²) in [7, 11) is 0. The lowest BCUT2D eigenvalue weighted by Gasteiger charge is -2.13. The first-order valence-electron chi connectivity index (χ1n) is 6.42. The largest absolute Gasteiger partial charge is 0.344 e. The molecule has 1 aromatic carbocycles. The summed E-state index contributed by atoms with van der Waals surface area (Å²) in [6.07, 6.45) is 5.05. The van der Waals surface area contributed by atoms with Gasteiger partial charge in [-0.25, -0.2) is 0 Å². The van der Waals surface area contributed by atoms with Crippen molar-refractivity contribution in [1.29, 1.82) is 0 Å². The highest BCUT2D eigenvalue weighted by atomic mass is 15.0. The molecule has 0 aliphatic heterocycles. The smallest absolute Gasteiger partial charge is 0.0482 e. The molecule has 1 aliphatic carbocycles. The number of fused-ring (bicyclic) bond motifs is 1. The molecule has 0 spiro atoms. The van der Waals surface area contributed by atoms with E-state index >= 15 is 0 Å². The van der Waals surface area contributed by atoms with Crippen molar-refractivity contribution in [2.24, 2.45) is 5.92 Å². The highest BCUT2D eigenvalue weighted by Crippen LogP contribution is 2.40. The van der Waals surface area contributed by atoms with Gasteiger partial charge in [-0.1, -0.05) is 32.0 Å². The molecule has 1 heteroatoms. The molecule has 0 bridgehead atoms. The van der Waals surface area contributed by atoms with Crippen molar-refractivity contribution in [3.63, 3.8) is 0 Å². The summed E-state index contributed by atoms with van der Waals surface area (Å²) in [6.45, 7) is 6.34. The highest BCUT2D eigenvalue weighted by Gasteiger charge is 2.29. The molecule has 1 fully saturated rings. The topological polar surface area (TPSA) is 4.93 Å². The molecule has 1 saturated carbocycles. The van der Waals surface area contributed by atoms with Crippen LogP contribution in [-0.2, 0) is 0 Å². The van der Waals surface area contributed by atoms with Gasteiger partial charge in [0, 0.05) is 17.8 Å². The second-order valence-corrected chi connectivity index (χ2v) is 4.36. The van der Waals surface area contributed by atoms with Crippen LogP contribution in [0.2, 0.25) is 0 Å². The van der Waals surface area contributed by atoms with Gasteiger partial charge in [-0.15, -0.1) is 0 Å². The van der Waals surface area contributed by atoms with E-state index in [-0.39, 0.29) is 0 Å².